The smallest absolute Gasteiger partial charge is 0.231 e. The summed E-state index contributed by atoms with van der Waals surface area (Å²) in [6.07, 6.45) is 3.34. The number of rotatable bonds is 6. The number of hydrogen-bond donors (Lipinski definition) is 1. The van der Waals surface area contributed by atoms with Gasteiger partial charge in [0.1, 0.15) is 0 Å². The third-order valence-corrected chi connectivity index (χ3v) is 4.95. The van der Waals surface area contributed by atoms with Crippen molar-refractivity contribution in [3.8, 4) is 0 Å². The summed E-state index contributed by atoms with van der Waals surface area (Å²) < 4.78 is 0. The lowest BCUT2D eigenvalue weighted by atomic mass is 10.1. The molecule has 23 heavy (non-hydrogen) atoms. The van der Waals surface area contributed by atoms with Crippen molar-refractivity contribution in [1.29, 1.82) is 0 Å². The van der Waals surface area contributed by atoms with E-state index < -0.39 is 0 Å². The molecular formula is C17H15N3OS2. The van der Waals surface area contributed by atoms with Gasteiger partial charge >= 0.3 is 0 Å². The Morgan fingerprint density at radius 1 is 1.09 bits per heavy atom. The summed E-state index contributed by atoms with van der Waals surface area (Å²) >= 11 is 2.97. The summed E-state index contributed by atoms with van der Waals surface area (Å²) in [6.45, 7) is 0. The Kier molecular flexibility index (Phi) is 5.39. The maximum Gasteiger partial charge on any atom is 0.231 e. The third-order valence-electron chi connectivity index (χ3n) is 3.14. The van der Waals surface area contributed by atoms with Crippen LogP contribution in [0, 0.1) is 0 Å². The number of hydrogen-bond acceptors (Lipinski definition) is 5. The highest BCUT2D eigenvalue weighted by Crippen LogP contribution is 2.26. The average Bonchev–Trinajstić information content (AvgIpc) is 3.14. The largest absolute Gasteiger partial charge is 0.344 e. The highest BCUT2D eigenvalue weighted by atomic mass is 32.2. The van der Waals surface area contributed by atoms with E-state index in [9.17, 15) is 4.79 Å². The predicted octanol–water partition coefficient (Wildman–Crippen LogP) is 3.54. The fourth-order valence-corrected chi connectivity index (χ4v) is 3.53. The van der Waals surface area contributed by atoms with Gasteiger partial charge in [-0.2, -0.15) is 0 Å². The van der Waals surface area contributed by atoms with Gasteiger partial charge in [-0.15, -0.1) is 11.3 Å². The summed E-state index contributed by atoms with van der Waals surface area (Å²) in [5.41, 5.74) is 1.07. The molecule has 0 spiro atoms. The molecule has 4 nitrogen and oxygen atoms in total. The first-order chi connectivity index (χ1) is 11.3. The standard InChI is InChI=1S/C17H15N3OS2/c21-15(12-23-17-18-9-5-10-19-17)20-16(14-8-4-11-22-14)13-6-2-1-3-7-13/h1-11,16H,12H2,(H,20,21)/t16-/m0/s1. The first kappa shape index (κ1) is 15.7. The van der Waals surface area contributed by atoms with Crippen molar-refractivity contribution in [3.63, 3.8) is 0 Å². The number of nitrogens with zero attached hydrogens (tertiary/aromatic N) is 2. The molecule has 0 radical (unpaired) electrons. The fraction of sp³-hybridized carbons (Fsp3) is 0.118. The fourth-order valence-electron chi connectivity index (χ4n) is 2.11. The molecule has 2 aromatic heterocycles. The van der Waals surface area contributed by atoms with Gasteiger partial charge in [-0.3, -0.25) is 4.79 Å². The molecule has 0 aliphatic heterocycles. The number of carbonyl (C=O) groups excluding carboxylic acids is 1. The summed E-state index contributed by atoms with van der Waals surface area (Å²) in [5.74, 6) is 0.253. The van der Waals surface area contributed by atoms with E-state index in [1.807, 2.05) is 47.8 Å². The van der Waals surface area contributed by atoms with Crippen LogP contribution in [0.3, 0.4) is 0 Å². The minimum absolute atomic E-state index is 0.0373. The highest BCUT2D eigenvalue weighted by molar-refractivity contribution is 7.99. The van der Waals surface area contributed by atoms with Crippen molar-refractivity contribution < 1.29 is 4.79 Å². The molecule has 0 saturated carbocycles. The van der Waals surface area contributed by atoms with Crippen LogP contribution in [0.2, 0.25) is 0 Å². The molecule has 1 amide bonds. The maximum atomic E-state index is 12.3. The topological polar surface area (TPSA) is 54.9 Å². The van der Waals surface area contributed by atoms with Crippen LogP contribution < -0.4 is 5.32 Å². The molecule has 0 aliphatic rings. The van der Waals surface area contributed by atoms with Crippen LogP contribution >= 0.6 is 23.1 Å². The van der Waals surface area contributed by atoms with Gasteiger partial charge in [-0.05, 0) is 23.1 Å². The Hall–Kier alpha value is -2.18. The van der Waals surface area contributed by atoms with Crippen molar-refractivity contribution in [1.82, 2.24) is 15.3 Å². The van der Waals surface area contributed by atoms with Crippen molar-refractivity contribution >= 4 is 29.0 Å². The molecule has 1 N–H and O–H groups in total. The monoisotopic (exact) mass is 341 g/mol. The molecular weight excluding hydrogens is 326 g/mol. The van der Waals surface area contributed by atoms with Crippen LogP contribution in [0.15, 0.2) is 71.5 Å². The molecule has 0 fully saturated rings. The number of thiophene rings is 1. The molecule has 6 heteroatoms. The molecule has 3 rings (SSSR count). The Balaban J connectivity index is 1.68. The van der Waals surface area contributed by atoms with E-state index in [0.29, 0.717) is 10.9 Å². The molecule has 0 unspecified atom stereocenters. The summed E-state index contributed by atoms with van der Waals surface area (Å²) in [6, 6.07) is 15.6. The van der Waals surface area contributed by atoms with Crippen LogP contribution in [-0.4, -0.2) is 21.6 Å². The van der Waals surface area contributed by atoms with Crippen molar-refractivity contribution in [2.75, 3.05) is 5.75 Å². The van der Waals surface area contributed by atoms with E-state index in [1.54, 1.807) is 29.8 Å². The minimum Gasteiger partial charge on any atom is -0.344 e. The minimum atomic E-state index is -0.124. The van der Waals surface area contributed by atoms with E-state index in [1.165, 1.54) is 11.8 Å². The first-order valence-corrected chi connectivity index (χ1v) is 8.97. The van der Waals surface area contributed by atoms with Gasteiger partial charge in [-0.1, -0.05) is 48.2 Å². The van der Waals surface area contributed by atoms with Crippen LogP contribution in [0.5, 0.6) is 0 Å². The summed E-state index contributed by atoms with van der Waals surface area (Å²) in [7, 11) is 0. The number of thioether (sulfide) groups is 1. The second-order valence-electron chi connectivity index (χ2n) is 4.75. The van der Waals surface area contributed by atoms with E-state index in [-0.39, 0.29) is 11.9 Å². The number of aromatic nitrogens is 2. The zero-order chi connectivity index (χ0) is 15.9. The van der Waals surface area contributed by atoms with Crippen molar-refractivity contribution in [3.05, 3.63) is 76.7 Å². The maximum absolute atomic E-state index is 12.3. The van der Waals surface area contributed by atoms with Crippen LogP contribution in [0.25, 0.3) is 0 Å². The van der Waals surface area contributed by atoms with E-state index in [2.05, 4.69) is 15.3 Å². The lowest BCUT2D eigenvalue weighted by Gasteiger charge is -2.18. The van der Waals surface area contributed by atoms with Gasteiger partial charge in [0, 0.05) is 17.3 Å². The van der Waals surface area contributed by atoms with Gasteiger partial charge < -0.3 is 5.32 Å². The van der Waals surface area contributed by atoms with Gasteiger partial charge in [-0.25, -0.2) is 9.97 Å². The normalized spacial score (nSPS) is 11.8. The zero-order valence-electron chi connectivity index (χ0n) is 12.3. The van der Waals surface area contributed by atoms with E-state index in [0.717, 1.165) is 10.4 Å². The molecule has 0 aliphatic carbocycles. The molecule has 1 atom stereocenters. The quantitative estimate of drug-likeness (QED) is 0.550. The summed E-state index contributed by atoms with van der Waals surface area (Å²) in [4.78, 5) is 21.7. The second-order valence-corrected chi connectivity index (χ2v) is 6.67. The Morgan fingerprint density at radius 3 is 2.57 bits per heavy atom. The number of nitrogens with one attached hydrogen (secondary N) is 1. The van der Waals surface area contributed by atoms with Crippen LogP contribution in [0.1, 0.15) is 16.5 Å². The zero-order valence-corrected chi connectivity index (χ0v) is 13.9. The van der Waals surface area contributed by atoms with Crippen LogP contribution in [-0.2, 0) is 4.79 Å². The first-order valence-electron chi connectivity index (χ1n) is 7.10. The van der Waals surface area contributed by atoms with Crippen LogP contribution in [0.4, 0.5) is 0 Å². The number of carbonyl (C=O) groups is 1. The molecule has 1 aromatic carbocycles. The van der Waals surface area contributed by atoms with E-state index in [4.69, 9.17) is 0 Å². The number of benzene rings is 1. The van der Waals surface area contributed by atoms with E-state index >= 15 is 0 Å². The Morgan fingerprint density at radius 2 is 1.87 bits per heavy atom. The van der Waals surface area contributed by atoms with Crippen molar-refractivity contribution in [2.24, 2.45) is 0 Å². The molecule has 2 heterocycles. The van der Waals surface area contributed by atoms with Gasteiger partial charge in [0.2, 0.25) is 5.91 Å². The van der Waals surface area contributed by atoms with Gasteiger partial charge in [0.25, 0.3) is 0 Å². The Bertz CT molecular complexity index is 733. The summed E-state index contributed by atoms with van der Waals surface area (Å²) in [5, 5.41) is 5.73. The second kappa shape index (κ2) is 7.89. The van der Waals surface area contributed by atoms with Crippen molar-refractivity contribution in [2.45, 2.75) is 11.2 Å². The highest BCUT2D eigenvalue weighted by Gasteiger charge is 2.17. The molecule has 0 saturated heterocycles. The number of amides is 1. The molecule has 3 aromatic rings. The Labute approximate surface area is 143 Å². The third kappa shape index (κ3) is 4.40. The molecule has 116 valence electrons. The SMILES string of the molecule is O=C(CSc1ncccn1)N[C@@H](c1ccccc1)c1cccs1. The van der Waals surface area contributed by atoms with Gasteiger partial charge in [0.05, 0.1) is 11.8 Å². The average molecular weight is 341 g/mol. The van der Waals surface area contributed by atoms with Gasteiger partial charge in [0.15, 0.2) is 5.16 Å². The molecule has 0 bridgehead atoms. The lowest BCUT2D eigenvalue weighted by molar-refractivity contribution is -0.119. The lowest BCUT2D eigenvalue weighted by Crippen LogP contribution is -2.30. The predicted molar refractivity (Wildman–Crippen MR) is 93.5 cm³/mol.